The molecular formula is C23H29N3O2S. The van der Waals surface area contributed by atoms with E-state index in [9.17, 15) is 9.59 Å². The molecule has 0 radical (unpaired) electrons. The van der Waals surface area contributed by atoms with E-state index in [1.54, 1.807) is 11.3 Å². The highest BCUT2D eigenvalue weighted by Gasteiger charge is 2.19. The number of carbonyl (C=O) groups is 2. The number of aldehydes is 1. The fraction of sp³-hybridized carbons (Fsp3) is 0.435. The molecule has 154 valence electrons. The van der Waals surface area contributed by atoms with Crippen molar-refractivity contribution in [1.29, 1.82) is 0 Å². The van der Waals surface area contributed by atoms with Gasteiger partial charge in [0.25, 0.3) is 5.91 Å². The molecule has 0 spiro atoms. The molecule has 3 rings (SSSR count). The molecule has 0 aliphatic heterocycles. The lowest BCUT2D eigenvalue weighted by molar-refractivity contribution is -0.109. The summed E-state index contributed by atoms with van der Waals surface area (Å²) >= 11 is 1.73. The fourth-order valence-electron chi connectivity index (χ4n) is 3.78. The van der Waals surface area contributed by atoms with Gasteiger partial charge in [0.05, 0.1) is 17.1 Å². The SMILES string of the molecule is CCC[C@@H](C=O)NC(=O)c1ccc2c(c1)nc(Cc1cccs1)n2C(CC)CC. The maximum absolute atomic E-state index is 12.6. The van der Waals surface area contributed by atoms with E-state index in [-0.39, 0.29) is 5.91 Å². The summed E-state index contributed by atoms with van der Waals surface area (Å²) in [5.74, 6) is 0.805. The lowest BCUT2D eigenvalue weighted by atomic mass is 10.1. The second-order valence-electron chi connectivity index (χ2n) is 7.33. The number of carbonyl (C=O) groups excluding carboxylic acids is 2. The Morgan fingerprint density at radius 1 is 1.24 bits per heavy atom. The number of hydrogen-bond donors (Lipinski definition) is 1. The van der Waals surface area contributed by atoms with Crippen LogP contribution in [-0.2, 0) is 11.2 Å². The maximum atomic E-state index is 12.6. The van der Waals surface area contributed by atoms with E-state index in [0.717, 1.165) is 48.8 Å². The zero-order chi connectivity index (χ0) is 20.8. The molecule has 5 nitrogen and oxygen atoms in total. The van der Waals surface area contributed by atoms with E-state index in [1.165, 1.54) is 4.88 Å². The van der Waals surface area contributed by atoms with Crippen LogP contribution in [0.4, 0.5) is 0 Å². The van der Waals surface area contributed by atoms with Gasteiger partial charge < -0.3 is 14.7 Å². The number of imidazole rings is 1. The first kappa shape index (κ1) is 21.2. The first-order valence-electron chi connectivity index (χ1n) is 10.4. The summed E-state index contributed by atoms with van der Waals surface area (Å²) in [6.07, 6.45) is 5.13. The van der Waals surface area contributed by atoms with Crippen LogP contribution in [0, 0.1) is 0 Å². The molecule has 1 amide bonds. The van der Waals surface area contributed by atoms with Gasteiger partial charge in [-0.05, 0) is 48.9 Å². The number of aromatic nitrogens is 2. The molecule has 29 heavy (non-hydrogen) atoms. The number of fused-ring (bicyclic) bond motifs is 1. The van der Waals surface area contributed by atoms with E-state index in [1.807, 2.05) is 25.1 Å². The molecule has 1 aromatic carbocycles. The summed E-state index contributed by atoms with van der Waals surface area (Å²) in [6, 6.07) is 9.79. The summed E-state index contributed by atoms with van der Waals surface area (Å²) in [4.78, 5) is 30.0. The predicted molar refractivity (Wildman–Crippen MR) is 119 cm³/mol. The van der Waals surface area contributed by atoms with E-state index in [0.29, 0.717) is 18.0 Å². The largest absolute Gasteiger partial charge is 0.343 e. The first-order chi connectivity index (χ1) is 14.1. The number of amides is 1. The number of benzene rings is 1. The zero-order valence-electron chi connectivity index (χ0n) is 17.4. The highest BCUT2D eigenvalue weighted by Crippen LogP contribution is 2.28. The summed E-state index contributed by atoms with van der Waals surface area (Å²) in [7, 11) is 0. The molecule has 6 heteroatoms. The van der Waals surface area contributed by atoms with Crippen LogP contribution in [-0.4, -0.2) is 27.8 Å². The van der Waals surface area contributed by atoms with Crippen molar-refractivity contribution in [2.24, 2.45) is 0 Å². The number of nitrogens with one attached hydrogen (secondary N) is 1. The number of thiophene rings is 1. The third-order valence-corrected chi connectivity index (χ3v) is 6.20. The van der Waals surface area contributed by atoms with Crippen LogP contribution in [0.15, 0.2) is 35.7 Å². The van der Waals surface area contributed by atoms with Crippen molar-refractivity contribution in [3.8, 4) is 0 Å². The van der Waals surface area contributed by atoms with E-state index >= 15 is 0 Å². The molecule has 0 saturated carbocycles. The minimum atomic E-state index is -0.445. The lowest BCUT2D eigenvalue weighted by Gasteiger charge is -2.19. The first-order valence-corrected chi connectivity index (χ1v) is 11.3. The molecule has 2 aromatic heterocycles. The van der Waals surface area contributed by atoms with Crippen LogP contribution in [0.3, 0.4) is 0 Å². The molecule has 0 fully saturated rings. The topological polar surface area (TPSA) is 64.0 Å². The Balaban J connectivity index is 1.97. The van der Waals surface area contributed by atoms with Crippen LogP contribution in [0.1, 0.15) is 73.6 Å². The molecular weight excluding hydrogens is 382 g/mol. The van der Waals surface area contributed by atoms with Crippen molar-refractivity contribution in [3.63, 3.8) is 0 Å². The van der Waals surface area contributed by atoms with Crippen LogP contribution in [0.2, 0.25) is 0 Å². The van der Waals surface area contributed by atoms with Gasteiger partial charge in [0.15, 0.2) is 0 Å². The lowest BCUT2D eigenvalue weighted by Crippen LogP contribution is -2.35. The standard InChI is InChI=1S/C23H29N3O2S/c1-4-8-17(15-27)24-23(28)16-10-11-21-20(13-16)25-22(14-19-9-7-12-29-19)26(21)18(5-2)6-3/h7,9-13,15,17-18H,4-6,8,14H2,1-3H3,(H,24,28)/t17-/m0/s1. The van der Waals surface area contributed by atoms with Crippen molar-refractivity contribution in [2.75, 3.05) is 0 Å². The fourth-order valence-corrected chi connectivity index (χ4v) is 4.48. The minimum Gasteiger partial charge on any atom is -0.343 e. The number of rotatable bonds is 10. The Bertz CT molecular complexity index is 958. The van der Waals surface area contributed by atoms with Crippen molar-refractivity contribution >= 4 is 34.6 Å². The van der Waals surface area contributed by atoms with Crippen LogP contribution in [0.5, 0.6) is 0 Å². The Kier molecular flexibility index (Phi) is 7.20. The molecule has 1 atom stereocenters. The minimum absolute atomic E-state index is 0.227. The molecule has 0 saturated heterocycles. The van der Waals surface area contributed by atoms with Crippen LogP contribution >= 0.6 is 11.3 Å². The summed E-state index contributed by atoms with van der Waals surface area (Å²) in [6.45, 7) is 6.39. The van der Waals surface area contributed by atoms with E-state index in [4.69, 9.17) is 4.98 Å². The second-order valence-corrected chi connectivity index (χ2v) is 8.36. The molecule has 3 aromatic rings. The smallest absolute Gasteiger partial charge is 0.251 e. The molecule has 2 heterocycles. The number of nitrogens with zero attached hydrogens (tertiary/aromatic N) is 2. The third kappa shape index (κ3) is 4.75. The van der Waals surface area contributed by atoms with Gasteiger partial charge in [-0.3, -0.25) is 4.79 Å². The number of hydrogen-bond acceptors (Lipinski definition) is 4. The second kappa shape index (κ2) is 9.83. The molecule has 0 aliphatic carbocycles. The zero-order valence-corrected chi connectivity index (χ0v) is 18.2. The van der Waals surface area contributed by atoms with Gasteiger partial charge in [0.1, 0.15) is 12.1 Å². The third-order valence-electron chi connectivity index (χ3n) is 5.33. The van der Waals surface area contributed by atoms with Crippen molar-refractivity contribution in [3.05, 3.63) is 52.0 Å². The van der Waals surface area contributed by atoms with Gasteiger partial charge in [-0.25, -0.2) is 4.98 Å². The Morgan fingerprint density at radius 3 is 2.66 bits per heavy atom. The quantitative estimate of drug-likeness (QED) is 0.469. The van der Waals surface area contributed by atoms with Crippen LogP contribution < -0.4 is 5.32 Å². The van der Waals surface area contributed by atoms with Gasteiger partial charge in [0.2, 0.25) is 0 Å². The van der Waals surface area contributed by atoms with Crippen molar-refractivity contribution in [1.82, 2.24) is 14.9 Å². The molecule has 0 aliphatic rings. The van der Waals surface area contributed by atoms with Gasteiger partial charge in [0, 0.05) is 22.9 Å². The van der Waals surface area contributed by atoms with Crippen molar-refractivity contribution < 1.29 is 9.59 Å². The highest BCUT2D eigenvalue weighted by molar-refractivity contribution is 7.09. The Labute approximate surface area is 176 Å². The van der Waals surface area contributed by atoms with E-state index in [2.05, 4.69) is 41.2 Å². The Hall–Kier alpha value is -2.47. The average molecular weight is 412 g/mol. The van der Waals surface area contributed by atoms with Gasteiger partial charge >= 0.3 is 0 Å². The van der Waals surface area contributed by atoms with Gasteiger partial charge in [-0.15, -0.1) is 11.3 Å². The summed E-state index contributed by atoms with van der Waals surface area (Å²) < 4.78 is 2.34. The summed E-state index contributed by atoms with van der Waals surface area (Å²) in [5.41, 5.74) is 2.42. The van der Waals surface area contributed by atoms with Gasteiger partial charge in [-0.2, -0.15) is 0 Å². The van der Waals surface area contributed by atoms with E-state index < -0.39 is 6.04 Å². The monoisotopic (exact) mass is 411 g/mol. The van der Waals surface area contributed by atoms with Crippen molar-refractivity contribution in [2.45, 2.75) is 65.0 Å². The maximum Gasteiger partial charge on any atom is 0.251 e. The average Bonchev–Trinajstić information content (AvgIpc) is 3.36. The molecule has 1 N–H and O–H groups in total. The normalized spacial score (nSPS) is 12.4. The summed E-state index contributed by atoms with van der Waals surface area (Å²) in [5, 5.41) is 4.90. The Morgan fingerprint density at radius 2 is 2.03 bits per heavy atom. The van der Waals surface area contributed by atoms with Gasteiger partial charge in [-0.1, -0.05) is 33.3 Å². The highest BCUT2D eigenvalue weighted by atomic mass is 32.1. The van der Waals surface area contributed by atoms with Crippen LogP contribution in [0.25, 0.3) is 11.0 Å². The molecule has 0 bridgehead atoms. The predicted octanol–water partition coefficient (Wildman–Crippen LogP) is 5.15. The molecule has 0 unspecified atom stereocenters.